The minimum Gasteiger partial charge on any atom is -0.387 e. The van der Waals surface area contributed by atoms with E-state index in [1.54, 1.807) is 16.6 Å². The van der Waals surface area contributed by atoms with Crippen molar-refractivity contribution in [1.29, 1.82) is 5.26 Å². The Morgan fingerprint density at radius 1 is 1.22 bits per heavy atom. The van der Waals surface area contributed by atoms with Gasteiger partial charge in [0.25, 0.3) is 5.91 Å². The van der Waals surface area contributed by atoms with E-state index in [1.807, 2.05) is 19.2 Å². The molecule has 2 fully saturated rings. The molecule has 12 heteroatoms. The molecule has 4 N–H and O–H groups in total. The van der Waals surface area contributed by atoms with Crippen LogP contribution in [0.15, 0.2) is 36.7 Å². The first-order valence-electron chi connectivity index (χ1n) is 13.8. The van der Waals surface area contributed by atoms with Crippen molar-refractivity contribution >= 4 is 23.0 Å². The van der Waals surface area contributed by atoms with E-state index in [2.05, 4.69) is 37.0 Å². The lowest BCUT2D eigenvalue weighted by Crippen LogP contribution is -2.53. The molecule has 11 nitrogen and oxygen atoms in total. The number of anilines is 1. The van der Waals surface area contributed by atoms with E-state index in [-0.39, 0.29) is 30.0 Å². The van der Waals surface area contributed by atoms with Crippen molar-refractivity contribution in [2.45, 2.75) is 44.5 Å². The lowest BCUT2D eigenvalue weighted by Gasteiger charge is -2.38. The second kappa shape index (κ2) is 11.4. The third-order valence-corrected chi connectivity index (χ3v) is 7.84. The fraction of sp³-hybridized carbons (Fsp3) is 0.483. The highest BCUT2D eigenvalue weighted by Crippen LogP contribution is 2.33. The highest BCUT2D eigenvalue weighted by Gasteiger charge is 2.34. The first kappa shape index (κ1) is 28.4. The van der Waals surface area contributed by atoms with E-state index in [0.29, 0.717) is 35.1 Å². The Bertz CT molecular complexity index is 1480. The molecule has 3 aromatic rings. The zero-order valence-corrected chi connectivity index (χ0v) is 23.4. The predicted molar refractivity (Wildman–Crippen MR) is 151 cm³/mol. The Balaban J connectivity index is 1.30. The summed E-state index contributed by atoms with van der Waals surface area (Å²) in [4.78, 5) is 32.0. The van der Waals surface area contributed by atoms with Gasteiger partial charge in [-0.1, -0.05) is 0 Å². The third kappa shape index (κ3) is 6.31. The van der Waals surface area contributed by atoms with Crippen LogP contribution in [-0.2, 0) is 4.79 Å². The van der Waals surface area contributed by atoms with E-state index in [9.17, 15) is 24.3 Å². The number of aromatic nitrogens is 3. The molecule has 0 radical (unpaired) electrons. The van der Waals surface area contributed by atoms with Gasteiger partial charge in [-0.15, -0.1) is 0 Å². The molecule has 0 unspecified atom stereocenters. The number of nitriles is 1. The van der Waals surface area contributed by atoms with Gasteiger partial charge in [0.1, 0.15) is 12.2 Å². The number of halogens is 1. The van der Waals surface area contributed by atoms with Gasteiger partial charge in [0, 0.05) is 31.9 Å². The molecule has 5 rings (SSSR count). The van der Waals surface area contributed by atoms with Crippen molar-refractivity contribution < 1.29 is 19.1 Å². The number of carbonyl (C=O) groups is 2. The first-order chi connectivity index (χ1) is 19.5. The maximum atomic E-state index is 14.3. The number of rotatable bonds is 10. The number of carbonyl (C=O) groups excluding carboxylic acids is 2. The number of pyridine rings is 1. The number of fused-ring (bicyclic) bond motifs is 1. The van der Waals surface area contributed by atoms with E-state index < -0.39 is 17.7 Å². The largest absolute Gasteiger partial charge is 0.387 e. The summed E-state index contributed by atoms with van der Waals surface area (Å²) in [5.74, 6) is -0.00924. The zero-order valence-electron chi connectivity index (χ0n) is 23.4. The van der Waals surface area contributed by atoms with Gasteiger partial charge in [-0.2, -0.15) is 10.4 Å². The Kier molecular flexibility index (Phi) is 7.93. The van der Waals surface area contributed by atoms with Crippen molar-refractivity contribution in [3.05, 3.63) is 47.8 Å². The topological polar surface area (TPSA) is 148 Å². The Hall–Kier alpha value is -4.08. The van der Waals surface area contributed by atoms with Crippen LogP contribution in [0.25, 0.3) is 16.9 Å². The summed E-state index contributed by atoms with van der Waals surface area (Å²) in [6.45, 7) is 4.56. The summed E-state index contributed by atoms with van der Waals surface area (Å²) < 4.78 is 16.0. The van der Waals surface area contributed by atoms with Gasteiger partial charge in [0.15, 0.2) is 0 Å². The van der Waals surface area contributed by atoms with Crippen molar-refractivity contribution in [2.75, 3.05) is 38.5 Å². The molecule has 0 bridgehead atoms. The lowest BCUT2D eigenvalue weighted by atomic mass is 9.80. The second-order valence-corrected chi connectivity index (χ2v) is 11.7. The normalized spacial score (nSPS) is 20.0. The molecular weight excluding hydrogens is 527 g/mol. The Labute approximate surface area is 237 Å². The van der Waals surface area contributed by atoms with E-state index in [4.69, 9.17) is 0 Å². The molecule has 4 heterocycles. The van der Waals surface area contributed by atoms with Gasteiger partial charge < -0.3 is 26.0 Å². The maximum absolute atomic E-state index is 14.3. The molecule has 1 saturated heterocycles. The Morgan fingerprint density at radius 3 is 2.66 bits per heavy atom. The van der Waals surface area contributed by atoms with Crippen LogP contribution in [0.3, 0.4) is 0 Å². The van der Waals surface area contributed by atoms with Gasteiger partial charge in [-0.25, -0.2) is 8.91 Å². The molecule has 0 aromatic carbocycles. The maximum Gasteiger partial charge on any atom is 0.255 e. The number of nitrogens with one attached hydrogen (secondary N) is 3. The minimum atomic E-state index is -1.64. The van der Waals surface area contributed by atoms with Gasteiger partial charge in [0.05, 0.1) is 58.0 Å². The molecule has 1 aliphatic heterocycles. The second-order valence-electron chi connectivity index (χ2n) is 11.7. The van der Waals surface area contributed by atoms with Crippen LogP contribution < -0.4 is 16.0 Å². The summed E-state index contributed by atoms with van der Waals surface area (Å²) in [5.41, 5.74) is 1.63. The standard InChI is InChI=1S/C29H35FN8O3/c1-29(2,41)26(30)14-34-28(40)22-13-32-24(25-5-4-21-8-18(10-31)12-35-38(21)25)9-23(22)36-20-6-17(7-20)11-33-27(39)19-15-37(3)16-19/h4-5,8-9,12-13,17,19-20,26,41H,6-7,11,14-16H2,1-3H3,(H,32,36)(H,33,39)(H,34,40)/t17?,20?,26-/m1/s1. The van der Waals surface area contributed by atoms with Crippen LogP contribution in [0.2, 0.25) is 0 Å². The average Bonchev–Trinajstić information content (AvgIpc) is 3.33. The SMILES string of the molecule is CN1CC(C(=O)NCC2CC(Nc3cc(-c4ccc5cc(C#N)cnn45)ncc3C(=O)NC[C@@H](F)C(C)(C)O)C2)C1. The number of aliphatic hydroxyl groups is 1. The van der Waals surface area contributed by atoms with Gasteiger partial charge >= 0.3 is 0 Å². The molecule has 3 aromatic heterocycles. The Morgan fingerprint density at radius 2 is 1.98 bits per heavy atom. The van der Waals surface area contributed by atoms with Crippen molar-refractivity contribution in [3.63, 3.8) is 0 Å². The predicted octanol–water partition coefficient (Wildman–Crippen LogP) is 1.98. The molecule has 1 aliphatic carbocycles. The van der Waals surface area contributed by atoms with Crippen LogP contribution in [-0.4, -0.2) is 87.5 Å². The molecule has 1 atom stereocenters. The monoisotopic (exact) mass is 562 g/mol. The molecule has 0 spiro atoms. The van der Waals surface area contributed by atoms with E-state index >= 15 is 0 Å². The van der Waals surface area contributed by atoms with Crippen LogP contribution >= 0.6 is 0 Å². The van der Waals surface area contributed by atoms with Crippen molar-refractivity contribution in [3.8, 4) is 17.5 Å². The summed E-state index contributed by atoms with van der Waals surface area (Å²) in [7, 11) is 1.99. The van der Waals surface area contributed by atoms with Gasteiger partial charge in [0.2, 0.25) is 5.91 Å². The number of amides is 2. The zero-order chi connectivity index (χ0) is 29.3. The molecule has 41 heavy (non-hydrogen) atoms. The quantitative estimate of drug-likeness (QED) is 0.293. The summed E-state index contributed by atoms with van der Waals surface area (Å²) >= 11 is 0. The van der Waals surface area contributed by atoms with Crippen LogP contribution in [0.1, 0.15) is 42.6 Å². The summed E-state index contributed by atoms with van der Waals surface area (Å²) in [6, 6.07) is 9.33. The minimum absolute atomic E-state index is 0.0664. The molecule has 216 valence electrons. The number of alkyl halides is 1. The fourth-order valence-corrected chi connectivity index (χ4v) is 5.17. The van der Waals surface area contributed by atoms with Crippen molar-refractivity contribution in [1.82, 2.24) is 30.1 Å². The van der Waals surface area contributed by atoms with Crippen LogP contribution in [0.5, 0.6) is 0 Å². The van der Waals surface area contributed by atoms with Gasteiger partial charge in [-0.3, -0.25) is 14.6 Å². The number of hydrogen-bond acceptors (Lipinski definition) is 8. The third-order valence-electron chi connectivity index (χ3n) is 7.84. The highest BCUT2D eigenvalue weighted by atomic mass is 19.1. The highest BCUT2D eigenvalue weighted by molar-refractivity contribution is 6.00. The van der Waals surface area contributed by atoms with E-state index in [1.165, 1.54) is 26.2 Å². The molecular formula is C29H35FN8O3. The van der Waals surface area contributed by atoms with Crippen molar-refractivity contribution in [2.24, 2.45) is 11.8 Å². The molecule has 2 amide bonds. The van der Waals surface area contributed by atoms with Crippen LogP contribution in [0, 0.1) is 23.2 Å². The summed E-state index contributed by atoms with van der Waals surface area (Å²) in [6.07, 6.45) is 2.92. The van der Waals surface area contributed by atoms with E-state index in [0.717, 1.165) is 31.4 Å². The molecule has 2 aliphatic rings. The number of hydrogen-bond donors (Lipinski definition) is 4. The smallest absolute Gasteiger partial charge is 0.255 e. The van der Waals surface area contributed by atoms with Crippen LogP contribution in [0.4, 0.5) is 10.1 Å². The summed E-state index contributed by atoms with van der Waals surface area (Å²) in [5, 5.41) is 32.5. The molecule has 1 saturated carbocycles. The average molecular weight is 563 g/mol. The number of likely N-dealkylation sites (tertiary alicyclic amines) is 1. The number of nitrogens with zero attached hydrogens (tertiary/aromatic N) is 5. The van der Waals surface area contributed by atoms with Gasteiger partial charge in [-0.05, 0) is 63.9 Å². The first-order valence-corrected chi connectivity index (χ1v) is 13.8. The fourth-order valence-electron chi connectivity index (χ4n) is 5.17. The lowest BCUT2D eigenvalue weighted by molar-refractivity contribution is -0.129.